The highest BCUT2D eigenvalue weighted by Gasteiger charge is 2.26. The zero-order chi connectivity index (χ0) is 24.3. The summed E-state index contributed by atoms with van der Waals surface area (Å²) < 4.78 is 5.19. The van der Waals surface area contributed by atoms with Crippen molar-refractivity contribution in [2.24, 2.45) is 13.0 Å². The van der Waals surface area contributed by atoms with Crippen molar-refractivity contribution in [3.05, 3.63) is 70.5 Å². The van der Waals surface area contributed by atoms with Crippen molar-refractivity contribution in [2.75, 3.05) is 0 Å². The molecule has 1 fully saturated rings. The van der Waals surface area contributed by atoms with Crippen LogP contribution in [0.15, 0.2) is 53.7 Å². The lowest BCUT2D eigenvalue weighted by Crippen LogP contribution is -2.24. The molecule has 6 rings (SSSR count). The van der Waals surface area contributed by atoms with Crippen LogP contribution in [0.1, 0.15) is 43.9 Å². The van der Waals surface area contributed by atoms with Gasteiger partial charge in [0.15, 0.2) is 0 Å². The zero-order valence-electron chi connectivity index (χ0n) is 19.9. The fraction of sp³-hybridized carbons (Fsp3) is 0.296. The van der Waals surface area contributed by atoms with Gasteiger partial charge in [-0.1, -0.05) is 19.9 Å². The molecule has 0 aliphatic heterocycles. The fourth-order valence-electron chi connectivity index (χ4n) is 4.66. The Kier molecular flexibility index (Phi) is 4.81. The predicted molar refractivity (Wildman–Crippen MR) is 134 cm³/mol. The Hall–Kier alpha value is -4.25. The lowest BCUT2D eigenvalue weighted by Gasteiger charge is -2.13. The van der Waals surface area contributed by atoms with Crippen LogP contribution < -0.4 is 5.56 Å². The number of fused-ring (bicyclic) bond motifs is 2. The van der Waals surface area contributed by atoms with Crippen LogP contribution in [0.3, 0.4) is 0 Å². The first kappa shape index (κ1) is 21.3. The van der Waals surface area contributed by atoms with Crippen molar-refractivity contribution < 1.29 is 0 Å². The van der Waals surface area contributed by atoms with Gasteiger partial charge in [-0.15, -0.1) is 0 Å². The highest BCUT2D eigenvalue weighted by atomic mass is 16.1. The van der Waals surface area contributed by atoms with E-state index in [1.54, 1.807) is 10.9 Å². The van der Waals surface area contributed by atoms with Crippen molar-refractivity contribution in [1.82, 2.24) is 29.1 Å². The largest absolute Gasteiger partial charge is 0.344 e. The maximum atomic E-state index is 14.1. The van der Waals surface area contributed by atoms with Crippen LogP contribution in [0.2, 0.25) is 0 Å². The third-order valence-corrected chi connectivity index (χ3v) is 6.68. The SMILES string of the molecule is CC(C)c1ccc(-c2c(=O)n(-c3ccc4nn(C)cc4c3)nc3c(C#N)cn(CC4CC4)c23)cn1. The van der Waals surface area contributed by atoms with Crippen LogP contribution in [0.5, 0.6) is 0 Å². The second-order valence-electron chi connectivity index (χ2n) is 9.71. The Morgan fingerprint density at radius 1 is 1.14 bits per heavy atom. The van der Waals surface area contributed by atoms with Gasteiger partial charge in [0.05, 0.1) is 27.8 Å². The van der Waals surface area contributed by atoms with Crippen LogP contribution in [-0.2, 0) is 13.6 Å². The fourth-order valence-corrected chi connectivity index (χ4v) is 4.66. The van der Waals surface area contributed by atoms with Gasteiger partial charge in [0.1, 0.15) is 11.6 Å². The van der Waals surface area contributed by atoms with Crippen LogP contribution in [0.4, 0.5) is 0 Å². The first-order valence-electron chi connectivity index (χ1n) is 11.9. The third-order valence-electron chi connectivity index (χ3n) is 6.68. The van der Waals surface area contributed by atoms with Crippen molar-refractivity contribution in [1.29, 1.82) is 5.26 Å². The van der Waals surface area contributed by atoms with E-state index in [-0.39, 0.29) is 11.5 Å². The Morgan fingerprint density at radius 2 is 1.97 bits per heavy atom. The van der Waals surface area contributed by atoms with Crippen LogP contribution in [0.25, 0.3) is 38.8 Å². The van der Waals surface area contributed by atoms with Gasteiger partial charge < -0.3 is 4.57 Å². The minimum Gasteiger partial charge on any atom is -0.344 e. The van der Waals surface area contributed by atoms with Crippen molar-refractivity contribution in [3.63, 3.8) is 0 Å². The maximum absolute atomic E-state index is 14.1. The monoisotopic (exact) mass is 463 g/mol. The van der Waals surface area contributed by atoms with E-state index in [1.807, 2.05) is 54.3 Å². The highest BCUT2D eigenvalue weighted by molar-refractivity contribution is 5.95. The molecule has 1 aliphatic rings. The molecule has 8 heteroatoms. The Morgan fingerprint density at radius 3 is 2.66 bits per heavy atom. The smallest absolute Gasteiger partial charge is 0.281 e. The summed E-state index contributed by atoms with van der Waals surface area (Å²) in [6.07, 6.45) is 7.84. The molecule has 0 saturated heterocycles. The van der Waals surface area contributed by atoms with E-state index < -0.39 is 0 Å². The van der Waals surface area contributed by atoms with Gasteiger partial charge in [0.2, 0.25) is 0 Å². The molecule has 4 heterocycles. The molecule has 1 aliphatic carbocycles. The quantitative estimate of drug-likeness (QED) is 0.381. The maximum Gasteiger partial charge on any atom is 0.281 e. The number of aromatic nitrogens is 6. The van der Waals surface area contributed by atoms with E-state index in [2.05, 4.69) is 30.0 Å². The molecule has 174 valence electrons. The Balaban J connectivity index is 1.65. The van der Waals surface area contributed by atoms with Crippen molar-refractivity contribution in [2.45, 2.75) is 39.2 Å². The summed E-state index contributed by atoms with van der Waals surface area (Å²) in [5.74, 6) is 0.857. The van der Waals surface area contributed by atoms with Gasteiger partial charge in [-0.25, -0.2) is 0 Å². The number of benzene rings is 1. The van der Waals surface area contributed by atoms with E-state index in [0.717, 1.165) is 41.5 Å². The Labute approximate surface area is 202 Å². The average Bonchev–Trinajstić information content (AvgIpc) is 3.49. The van der Waals surface area contributed by atoms with Gasteiger partial charge in [-0.05, 0) is 48.9 Å². The first-order chi connectivity index (χ1) is 16.9. The minimum absolute atomic E-state index is 0.237. The average molecular weight is 464 g/mol. The number of aryl methyl sites for hydroxylation is 1. The van der Waals surface area contributed by atoms with E-state index >= 15 is 0 Å². The summed E-state index contributed by atoms with van der Waals surface area (Å²) in [6.45, 7) is 4.96. The molecule has 0 radical (unpaired) electrons. The van der Waals surface area contributed by atoms with Gasteiger partial charge >= 0.3 is 0 Å². The molecule has 0 spiro atoms. The second kappa shape index (κ2) is 7.91. The lowest BCUT2D eigenvalue weighted by molar-refractivity contribution is 0.646. The molecule has 8 nitrogen and oxygen atoms in total. The highest BCUT2D eigenvalue weighted by Crippen LogP contribution is 2.35. The first-order valence-corrected chi connectivity index (χ1v) is 11.9. The Bertz CT molecular complexity index is 1690. The van der Waals surface area contributed by atoms with Gasteiger partial charge in [-0.2, -0.15) is 20.1 Å². The number of hydrogen-bond acceptors (Lipinski definition) is 5. The predicted octanol–water partition coefficient (Wildman–Crippen LogP) is 4.54. The normalized spacial score (nSPS) is 13.7. The van der Waals surface area contributed by atoms with E-state index in [4.69, 9.17) is 5.10 Å². The molecule has 1 saturated carbocycles. The van der Waals surface area contributed by atoms with Crippen LogP contribution >= 0.6 is 0 Å². The summed E-state index contributed by atoms with van der Waals surface area (Å²) in [7, 11) is 1.86. The molecular weight excluding hydrogens is 438 g/mol. The molecule has 0 amide bonds. The molecule has 0 N–H and O–H groups in total. The van der Waals surface area contributed by atoms with Crippen molar-refractivity contribution >= 4 is 21.9 Å². The molecule has 1 aromatic carbocycles. The number of pyridine rings is 1. The number of hydrogen-bond donors (Lipinski definition) is 0. The van der Waals surface area contributed by atoms with Crippen LogP contribution in [-0.4, -0.2) is 29.1 Å². The summed E-state index contributed by atoms with van der Waals surface area (Å²) >= 11 is 0. The van der Waals surface area contributed by atoms with Gasteiger partial charge in [0, 0.05) is 48.8 Å². The molecule has 0 bridgehead atoms. The summed E-state index contributed by atoms with van der Waals surface area (Å²) in [6, 6.07) is 11.8. The standard InChI is InChI=1S/C27H25N7O/c1-16(2)22-8-6-18(12-29-22)24-26-25(20(11-28)15-33(26)13-17-4-5-17)31-34(27(24)35)21-7-9-23-19(10-21)14-32(3)30-23/h6-10,12,14-17H,4-5,13H2,1-3H3. The summed E-state index contributed by atoms with van der Waals surface area (Å²) in [4.78, 5) is 18.7. The molecule has 4 aromatic heterocycles. The molecular formula is C27H25N7O. The third kappa shape index (κ3) is 3.60. The van der Waals surface area contributed by atoms with Crippen LogP contribution in [0, 0.1) is 17.2 Å². The topological polar surface area (TPSA) is 94.3 Å². The summed E-state index contributed by atoms with van der Waals surface area (Å²) in [5.41, 5.74) is 5.14. The van der Waals surface area contributed by atoms with Gasteiger partial charge in [-0.3, -0.25) is 14.5 Å². The molecule has 5 aromatic rings. The minimum atomic E-state index is -0.237. The number of nitriles is 1. The second-order valence-corrected chi connectivity index (χ2v) is 9.71. The van der Waals surface area contributed by atoms with Crippen molar-refractivity contribution in [3.8, 4) is 22.9 Å². The molecule has 0 unspecified atom stereocenters. The zero-order valence-corrected chi connectivity index (χ0v) is 19.9. The van der Waals surface area contributed by atoms with E-state index in [0.29, 0.717) is 33.8 Å². The van der Waals surface area contributed by atoms with E-state index in [9.17, 15) is 10.1 Å². The van der Waals surface area contributed by atoms with E-state index in [1.165, 1.54) is 4.68 Å². The summed E-state index contributed by atoms with van der Waals surface area (Å²) in [5, 5.41) is 20.0. The number of nitrogens with zero attached hydrogens (tertiary/aromatic N) is 7. The molecule has 0 atom stereocenters. The molecule has 35 heavy (non-hydrogen) atoms. The van der Waals surface area contributed by atoms with Gasteiger partial charge in [0.25, 0.3) is 5.56 Å². The lowest BCUT2D eigenvalue weighted by atomic mass is 10.0. The number of rotatable bonds is 5.